The minimum Gasteiger partial charge on any atom is -0.394 e. The normalized spacial score (nSPS) is 21.7. The molecule has 606 valence electrons. The van der Waals surface area contributed by atoms with Gasteiger partial charge in [-0.05, 0) is 64.2 Å². The molecule has 2 aliphatic rings. The van der Waals surface area contributed by atoms with Crippen molar-refractivity contribution in [2.24, 2.45) is 0 Å². The zero-order valence-corrected chi connectivity index (χ0v) is 66.8. The summed E-state index contributed by atoms with van der Waals surface area (Å²) in [6.07, 6.45) is 82.4. The summed E-state index contributed by atoms with van der Waals surface area (Å²) < 4.78 is 22.9. The van der Waals surface area contributed by atoms with Crippen LogP contribution in [0.15, 0.2) is 48.6 Å². The van der Waals surface area contributed by atoms with Crippen molar-refractivity contribution in [2.45, 2.75) is 492 Å². The minimum absolute atomic E-state index is 0.240. The van der Waals surface area contributed by atoms with Gasteiger partial charge in [-0.2, -0.15) is 0 Å². The first-order valence-electron chi connectivity index (χ1n) is 44.4. The Bertz CT molecular complexity index is 1920. The predicted molar refractivity (Wildman–Crippen MR) is 429 cm³/mol. The van der Waals surface area contributed by atoms with Crippen LogP contribution < -0.4 is 5.32 Å². The fourth-order valence-corrected chi connectivity index (χ4v) is 14.8. The van der Waals surface area contributed by atoms with Crippen LogP contribution in [-0.2, 0) is 23.7 Å². The summed E-state index contributed by atoms with van der Waals surface area (Å²) in [4.78, 5) is 13.4. The molecule has 2 rings (SSSR count). The molecule has 14 nitrogen and oxygen atoms in total. The monoisotopic (exact) mass is 1460 g/mol. The molecule has 9 N–H and O–H groups in total. The van der Waals surface area contributed by atoms with E-state index in [4.69, 9.17) is 18.9 Å². The average molecular weight is 1460 g/mol. The van der Waals surface area contributed by atoms with Crippen LogP contribution in [0.1, 0.15) is 418 Å². The average Bonchev–Trinajstić information content (AvgIpc) is 0.791. The lowest BCUT2D eigenvalue weighted by Crippen LogP contribution is -2.65. The molecule has 0 aromatic carbocycles. The number of carbonyl (C=O) groups is 1. The third-order valence-electron chi connectivity index (χ3n) is 21.7. The van der Waals surface area contributed by atoms with Gasteiger partial charge in [0.15, 0.2) is 12.6 Å². The minimum atomic E-state index is -1.79. The number of ether oxygens (including phenoxy) is 4. The van der Waals surface area contributed by atoms with Crippen LogP contribution in [0.2, 0.25) is 0 Å². The highest BCUT2D eigenvalue weighted by Gasteiger charge is 2.51. The number of amides is 1. The number of hydrogen-bond donors (Lipinski definition) is 9. The van der Waals surface area contributed by atoms with Gasteiger partial charge in [-0.3, -0.25) is 4.79 Å². The number of rotatable bonds is 76. The number of aliphatic hydroxyl groups is 8. The molecule has 1 amide bonds. The number of nitrogens with one attached hydrogen (secondary N) is 1. The molecule has 103 heavy (non-hydrogen) atoms. The maximum Gasteiger partial charge on any atom is 0.220 e. The van der Waals surface area contributed by atoms with E-state index < -0.39 is 86.8 Å². The van der Waals surface area contributed by atoms with E-state index in [0.717, 1.165) is 38.5 Å². The van der Waals surface area contributed by atoms with E-state index in [-0.39, 0.29) is 18.9 Å². The zero-order valence-electron chi connectivity index (χ0n) is 66.8. The molecule has 0 spiro atoms. The Hall–Kier alpha value is -2.05. The van der Waals surface area contributed by atoms with Gasteiger partial charge in [0.2, 0.25) is 5.91 Å². The molecule has 0 aliphatic carbocycles. The van der Waals surface area contributed by atoms with Crippen LogP contribution in [0.25, 0.3) is 0 Å². The predicted octanol–water partition coefficient (Wildman–Crippen LogP) is 21.3. The maximum atomic E-state index is 13.4. The second-order valence-corrected chi connectivity index (χ2v) is 31.4. The van der Waals surface area contributed by atoms with Gasteiger partial charge in [0.1, 0.15) is 48.8 Å². The SMILES string of the molecule is CCCCCCC/C=C\C/C=C\CCCCCCCCCCCCCCCCCCCCCCCCCCCCCC(=O)NC(COC1OC(CO)C(OC2OC(CO)C(O)C(O)C2O)C(O)C1O)C(O)/C=C/CC/C=C/CCCCCCCCCCCCCCCCCCCCCCCCCC. The number of unbranched alkanes of at least 4 members (excludes halogenated alkanes) is 57. The first-order chi connectivity index (χ1) is 50.6. The molecular formula is C89H167NO13. The second kappa shape index (κ2) is 72.8. The van der Waals surface area contributed by atoms with Gasteiger partial charge in [-0.1, -0.05) is 396 Å². The summed E-state index contributed by atoms with van der Waals surface area (Å²) in [5.41, 5.74) is 0. The lowest BCUT2D eigenvalue weighted by Gasteiger charge is -2.46. The lowest BCUT2D eigenvalue weighted by atomic mass is 9.97. The Labute approximate surface area is 633 Å². The van der Waals surface area contributed by atoms with E-state index >= 15 is 0 Å². The summed E-state index contributed by atoms with van der Waals surface area (Å²) in [6, 6.07) is -0.933. The lowest BCUT2D eigenvalue weighted by molar-refractivity contribution is -0.359. The molecule has 0 aromatic heterocycles. The Morgan fingerprint density at radius 1 is 0.350 bits per heavy atom. The molecule has 2 heterocycles. The smallest absolute Gasteiger partial charge is 0.220 e. The van der Waals surface area contributed by atoms with Gasteiger partial charge in [-0.15, -0.1) is 0 Å². The Kier molecular flexibility index (Phi) is 68.6. The van der Waals surface area contributed by atoms with Crippen molar-refractivity contribution in [3.05, 3.63) is 48.6 Å². The number of aliphatic hydroxyl groups excluding tert-OH is 8. The number of hydrogen-bond acceptors (Lipinski definition) is 13. The summed E-state index contributed by atoms with van der Waals surface area (Å²) in [7, 11) is 0. The van der Waals surface area contributed by atoms with E-state index in [1.807, 2.05) is 6.08 Å². The molecule has 12 unspecified atom stereocenters. The molecule has 2 fully saturated rings. The molecule has 2 saturated heterocycles. The first-order valence-corrected chi connectivity index (χ1v) is 44.4. The molecule has 0 radical (unpaired) electrons. The van der Waals surface area contributed by atoms with Gasteiger partial charge >= 0.3 is 0 Å². The third-order valence-corrected chi connectivity index (χ3v) is 21.7. The second-order valence-electron chi connectivity index (χ2n) is 31.4. The molecule has 0 aromatic rings. The molecule has 0 saturated carbocycles. The zero-order chi connectivity index (χ0) is 74.4. The van der Waals surface area contributed by atoms with Crippen molar-refractivity contribution in [3.8, 4) is 0 Å². The summed E-state index contributed by atoms with van der Waals surface area (Å²) in [5, 5.41) is 87.8. The van der Waals surface area contributed by atoms with Crippen molar-refractivity contribution in [1.29, 1.82) is 0 Å². The van der Waals surface area contributed by atoms with Crippen molar-refractivity contribution < 1.29 is 64.6 Å². The summed E-state index contributed by atoms with van der Waals surface area (Å²) >= 11 is 0. The Morgan fingerprint density at radius 3 is 1.01 bits per heavy atom. The quantitative estimate of drug-likeness (QED) is 0.0204. The van der Waals surface area contributed by atoms with Crippen LogP contribution >= 0.6 is 0 Å². The van der Waals surface area contributed by atoms with E-state index in [1.54, 1.807) is 6.08 Å². The fraction of sp³-hybridized carbons (Fsp3) is 0.899. The van der Waals surface area contributed by atoms with Gasteiger partial charge in [-0.25, -0.2) is 0 Å². The molecule has 14 heteroatoms. The van der Waals surface area contributed by atoms with Crippen molar-refractivity contribution in [1.82, 2.24) is 5.32 Å². The fourth-order valence-electron chi connectivity index (χ4n) is 14.8. The van der Waals surface area contributed by atoms with Gasteiger partial charge < -0.3 is 65.1 Å². The summed E-state index contributed by atoms with van der Waals surface area (Å²) in [6.45, 7) is 2.84. The topological polar surface area (TPSA) is 228 Å². The highest BCUT2D eigenvalue weighted by atomic mass is 16.7. The van der Waals surface area contributed by atoms with Crippen LogP contribution in [0.3, 0.4) is 0 Å². The standard InChI is InChI=1S/C89H167NO13/c1-3-5-7-9-11-13-15-17-19-21-23-25-27-29-31-33-35-36-37-38-39-40-41-42-43-45-47-49-51-53-55-57-59-61-63-65-67-69-71-73-81(94)90-77(76-100-88-86(99)84(97)87(80(75-92)102-88)103-89-85(98)83(96)82(95)79(74-91)101-89)78(93)72-70-68-66-64-62-60-58-56-54-52-50-48-46-44-34-32-30-28-26-24-22-20-18-16-14-12-10-8-6-4-2/h15,17,21,23,62,64,70,72,77-80,82-89,91-93,95-99H,3-14,16,18-20,22,24-61,63,65-69,71,73-76H2,1-2H3,(H,90,94)/b17-15-,23-21-,64-62+,72-70+. The van der Waals surface area contributed by atoms with Gasteiger partial charge in [0, 0.05) is 6.42 Å². The molecule has 12 atom stereocenters. The number of carbonyl (C=O) groups excluding carboxylic acids is 1. The number of allylic oxidation sites excluding steroid dienone is 7. The Morgan fingerprint density at radius 2 is 0.650 bits per heavy atom. The molecular weight excluding hydrogens is 1290 g/mol. The van der Waals surface area contributed by atoms with Crippen LogP contribution in [-0.4, -0.2) is 140 Å². The van der Waals surface area contributed by atoms with E-state index in [0.29, 0.717) is 12.8 Å². The highest BCUT2D eigenvalue weighted by Crippen LogP contribution is 2.31. The van der Waals surface area contributed by atoms with E-state index in [2.05, 4.69) is 55.6 Å². The van der Waals surface area contributed by atoms with E-state index in [9.17, 15) is 45.6 Å². The van der Waals surface area contributed by atoms with Crippen molar-refractivity contribution >= 4 is 5.91 Å². The van der Waals surface area contributed by atoms with Crippen LogP contribution in [0.4, 0.5) is 0 Å². The summed E-state index contributed by atoms with van der Waals surface area (Å²) in [5.74, 6) is -0.240. The van der Waals surface area contributed by atoms with Crippen LogP contribution in [0.5, 0.6) is 0 Å². The van der Waals surface area contributed by atoms with Gasteiger partial charge in [0.05, 0.1) is 32.0 Å². The first kappa shape index (κ1) is 97.0. The highest BCUT2D eigenvalue weighted by molar-refractivity contribution is 5.76. The Balaban J connectivity index is 1.57. The van der Waals surface area contributed by atoms with Crippen molar-refractivity contribution in [3.63, 3.8) is 0 Å². The molecule has 0 bridgehead atoms. The van der Waals surface area contributed by atoms with Crippen molar-refractivity contribution in [2.75, 3.05) is 19.8 Å². The van der Waals surface area contributed by atoms with Gasteiger partial charge in [0.25, 0.3) is 0 Å². The third kappa shape index (κ3) is 55.1. The van der Waals surface area contributed by atoms with Crippen LogP contribution in [0, 0.1) is 0 Å². The maximum absolute atomic E-state index is 13.4. The largest absolute Gasteiger partial charge is 0.394 e. The van der Waals surface area contributed by atoms with E-state index in [1.165, 1.54) is 347 Å². The molecule has 2 aliphatic heterocycles.